The second-order valence-corrected chi connectivity index (χ2v) is 11.2. The number of fused-ring (bicyclic) bond motifs is 1. The third-order valence-electron chi connectivity index (χ3n) is 8.33. The summed E-state index contributed by atoms with van der Waals surface area (Å²) in [6.45, 7) is 6.53. The average molecular weight is 544 g/mol. The van der Waals surface area contributed by atoms with Gasteiger partial charge in [-0.1, -0.05) is 103 Å². The number of H-pyrrole nitrogens is 1. The van der Waals surface area contributed by atoms with Crippen LogP contribution >= 0.6 is 0 Å². The van der Waals surface area contributed by atoms with Gasteiger partial charge < -0.3 is 20.1 Å². The number of nitrogens with two attached hydrogens (primary N) is 1. The number of rotatable bonds is 18. The fraction of sp³-hybridized carbons (Fsp3) is 0.733. The van der Waals surface area contributed by atoms with Crippen molar-refractivity contribution in [2.75, 3.05) is 12.8 Å². The topological polar surface area (TPSA) is 136 Å². The lowest BCUT2D eigenvalue weighted by atomic mass is 9.82. The number of aliphatic hydroxyl groups excluding tert-OH is 1. The number of methoxy groups -OCH3 is 1. The van der Waals surface area contributed by atoms with Gasteiger partial charge in [0.05, 0.1) is 31.5 Å². The van der Waals surface area contributed by atoms with Crippen molar-refractivity contribution < 1.29 is 14.6 Å². The zero-order valence-electron chi connectivity index (χ0n) is 24.0. The van der Waals surface area contributed by atoms with Gasteiger partial charge in [0.15, 0.2) is 11.2 Å². The van der Waals surface area contributed by atoms with Gasteiger partial charge in [-0.25, -0.2) is 4.98 Å². The molecule has 0 aliphatic heterocycles. The molecule has 0 saturated heterocycles. The zero-order valence-corrected chi connectivity index (χ0v) is 24.0. The molecular formula is C30H49N5O4. The Hall–Kier alpha value is -2.68. The first-order valence-corrected chi connectivity index (χ1v) is 15.1. The van der Waals surface area contributed by atoms with E-state index in [0.29, 0.717) is 18.5 Å². The number of aromatic amines is 1. The molecule has 1 fully saturated rings. The molecule has 1 aliphatic rings. The quantitative estimate of drug-likeness (QED) is 0.122. The summed E-state index contributed by atoms with van der Waals surface area (Å²) < 4.78 is 6.86. The van der Waals surface area contributed by atoms with Gasteiger partial charge in [0.2, 0.25) is 5.95 Å². The molecule has 2 heterocycles. The van der Waals surface area contributed by atoms with Crippen molar-refractivity contribution >= 4 is 23.1 Å². The number of carbonyl (C=O) groups is 1. The number of imidazole rings is 1. The van der Waals surface area contributed by atoms with Crippen molar-refractivity contribution in [2.24, 2.45) is 11.8 Å². The summed E-state index contributed by atoms with van der Waals surface area (Å²) in [5.41, 5.74) is 6.59. The largest absolute Gasteiger partial charge is 0.469 e. The molecule has 0 amide bonds. The van der Waals surface area contributed by atoms with Gasteiger partial charge in [0, 0.05) is 5.92 Å². The predicted octanol–water partition coefficient (Wildman–Crippen LogP) is 5.84. The first-order valence-electron chi connectivity index (χ1n) is 15.1. The van der Waals surface area contributed by atoms with E-state index in [2.05, 4.69) is 28.5 Å². The number of hydrogen-bond donors (Lipinski definition) is 3. The standard InChI is InChI=1S/C30H49N5O4/c1-4-5-6-7-8-9-10-11-12-13-14-15-16-17-18-22(29(38)39-3)25-21(2)23(19-24(25)36)35-20-32-26-27(35)33-30(31)34-28(26)37/h20,22-25,36H,2,4-19H2,1,3H3,(H3,31,33,34,37)/t22?,23-,24-,25-/m0/s1. The van der Waals surface area contributed by atoms with Crippen LogP contribution in [0, 0.1) is 11.8 Å². The highest BCUT2D eigenvalue weighted by atomic mass is 16.5. The molecule has 4 N–H and O–H groups in total. The van der Waals surface area contributed by atoms with E-state index in [1.807, 2.05) is 0 Å². The molecule has 0 radical (unpaired) electrons. The third-order valence-corrected chi connectivity index (χ3v) is 8.33. The minimum Gasteiger partial charge on any atom is -0.469 e. The van der Waals surface area contributed by atoms with Crippen molar-refractivity contribution in [2.45, 2.75) is 122 Å². The number of nitrogens with zero attached hydrogens (tertiary/aromatic N) is 3. The van der Waals surface area contributed by atoms with Crippen LogP contribution in [-0.2, 0) is 9.53 Å². The molecule has 0 aromatic carbocycles. The van der Waals surface area contributed by atoms with Crippen LogP contribution in [0.1, 0.15) is 116 Å². The van der Waals surface area contributed by atoms with Gasteiger partial charge in [0.1, 0.15) is 0 Å². The van der Waals surface area contributed by atoms with Gasteiger partial charge in [-0.05, 0) is 18.4 Å². The molecule has 0 bridgehead atoms. The Morgan fingerprint density at radius 2 is 1.67 bits per heavy atom. The minimum absolute atomic E-state index is 0.000185. The van der Waals surface area contributed by atoms with E-state index in [4.69, 9.17) is 10.5 Å². The summed E-state index contributed by atoms with van der Waals surface area (Å²) in [6, 6.07) is -0.341. The first kappa shape index (κ1) is 30.9. The van der Waals surface area contributed by atoms with Gasteiger partial charge in [0.25, 0.3) is 5.56 Å². The summed E-state index contributed by atoms with van der Waals surface area (Å²) in [5.74, 6) is -1.21. The average Bonchev–Trinajstić information content (AvgIpc) is 3.46. The molecule has 9 nitrogen and oxygen atoms in total. The molecule has 2 aromatic rings. The first-order chi connectivity index (χ1) is 18.9. The number of anilines is 1. The number of aromatic nitrogens is 4. The highest BCUT2D eigenvalue weighted by Crippen LogP contribution is 2.45. The normalized spacial score (nSPS) is 20.1. The number of ether oxygens (including phenoxy) is 1. The molecule has 1 aliphatic carbocycles. The molecule has 4 atom stereocenters. The number of aliphatic hydroxyl groups is 1. The molecule has 2 aromatic heterocycles. The van der Waals surface area contributed by atoms with Crippen LogP contribution in [0.3, 0.4) is 0 Å². The minimum atomic E-state index is -0.755. The van der Waals surface area contributed by atoms with Crippen LogP contribution in [0.25, 0.3) is 11.2 Å². The zero-order chi connectivity index (χ0) is 28.2. The Balaban J connectivity index is 1.44. The lowest BCUT2D eigenvalue weighted by Crippen LogP contribution is -2.31. The molecule has 9 heteroatoms. The van der Waals surface area contributed by atoms with Crippen molar-refractivity contribution in [3.05, 3.63) is 28.8 Å². The Morgan fingerprint density at radius 1 is 1.10 bits per heavy atom. The number of carbonyl (C=O) groups excluding carboxylic acids is 1. The maximum Gasteiger partial charge on any atom is 0.309 e. The highest BCUT2D eigenvalue weighted by molar-refractivity contribution is 5.74. The van der Waals surface area contributed by atoms with Gasteiger partial charge >= 0.3 is 5.97 Å². The van der Waals surface area contributed by atoms with Gasteiger partial charge in [-0.15, -0.1) is 0 Å². The monoisotopic (exact) mass is 543 g/mol. The maximum absolute atomic E-state index is 12.8. The fourth-order valence-electron chi connectivity index (χ4n) is 6.14. The second-order valence-electron chi connectivity index (χ2n) is 11.2. The van der Waals surface area contributed by atoms with E-state index in [1.54, 1.807) is 4.57 Å². The number of nitrogens with one attached hydrogen (secondary N) is 1. The van der Waals surface area contributed by atoms with E-state index in [1.165, 1.54) is 84.1 Å². The summed E-state index contributed by atoms with van der Waals surface area (Å²) in [4.78, 5) is 35.9. The van der Waals surface area contributed by atoms with Crippen LogP contribution in [-0.4, -0.2) is 43.8 Å². The fourth-order valence-corrected chi connectivity index (χ4v) is 6.14. The predicted molar refractivity (Wildman–Crippen MR) is 155 cm³/mol. The molecule has 1 saturated carbocycles. The lowest BCUT2D eigenvalue weighted by molar-refractivity contribution is -0.148. The highest BCUT2D eigenvalue weighted by Gasteiger charge is 2.45. The summed E-state index contributed by atoms with van der Waals surface area (Å²) >= 11 is 0. The van der Waals surface area contributed by atoms with Crippen LogP contribution in [0.2, 0.25) is 0 Å². The van der Waals surface area contributed by atoms with E-state index in [9.17, 15) is 14.7 Å². The summed E-state index contributed by atoms with van der Waals surface area (Å²) in [6.07, 6.45) is 19.6. The van der Waals surface area contributed by atoms with E-state index in [-0.39, 0.29) is 23.5 Å². The molecule has 39 heavy (non-hydrogen) atoms. The Morgan fingerprint density at radius 3 is 2.23 bits per heavy atom. The second kappa shape index (κ2) is 15.8. The number of esters is 1. The van der Waals surface area contributed by atoms with Crippen molar-refractivity contribution in [3.63, 3.8) is 0 Å². The van der Waals surface area contributed by atoms with E-state index in [0.717, 1.165) is 24.8 Å². The molecule has 1 unspecified atom stereocenters. The Kier molecular flexibility index (Phi) is 12.5. The van der Waals surface area contributed by atoms with Gasteiger partial charge in [-0.3, -0.25) is 14.6 Å². The molecule has 218 valence electrons. The van der Waals surface area contributed by atoms with E-state index >= 15 is 0 Å². The lowest BCUT2D eigenvalue weighted by Gasteiger charge is -2.25. The van der Waals surface area contributed by atoms with Crippen molar-refractivity contribution in [1.29, 1.82) is 0 Å². The maximum atomic E-state index is 12.8. The molecule has 3 rings (SSSR count). The van der Waals surface area contributed by atoms with Crippen molar-refractivity contribution in [1.82, 2.24) is 19.5 Å². The van der Waals surface area contributed by atoms with Crippen LogP contribution in [0.5, 0.6) is 0 Å². The SMILES string of the molecule is C=C1[C@@H](C(CCCCCCCCCCCCCCCC)C(=O)OC)[C@@H](O)C[C@@H]1n1cnc2c(=O)[nH]c(N)nc21. The number of unbranched alkanes of at least 4 members (excludes halogenated alkanes) is 13. The third kappa shape index (κ3) is 8.40. The van der Waals surface area contributed by atoms with Crippen molar-refractivity contribution in [3.8, 4) is 0 Å². The van der Waals surface area contributed by atoms with Crippen LogP contribution in [0.15, 0.2) is 23.3 Å². The number of nitrogen functional groups attached to an aromatic ring is 1. The Bertz CT molecular complexity index is 1110. The summed E-state index contributed by atoms with van der Waals surface area (Å²) in [5, 5.41) is 11.0. The van der Waals surface area contributed by atoms with Gasteiger partial charge in [-0.2, -0.15) is 4.98 Å². The summed E-state index contributed by atoms with van der Waals surface area (Å²) in [7, 11) is 1.39. The molecular weight excluding hydrogens is 494 g/mol. The molecule has 0 spiro atoms. The van der Waals surface area contributed by atoms with E-state index < -0.39 is 23.5 Å². The number of hydrogen-bond acceptors (Lipinski definition) is 7. The van der Waals surface area contributed by atoms with Crippen LogP contribution < -0.4 is 11.3 Å². The van der Waals surface area contributed by atoms with Crippen LogP contribution in [0.4, 0.5) is 5.95 Å². The Labute approximate surface area is 232 Å². The smallest absolute Gasteiger partial charge is 0.309 e.